The van der Waals surface area contributed by atoms with E-state index in [1.807, 2.05) is 0 Å². The van der Waals surface area contributed by atoms with Crippen LogP contribution in [-0.2, 0) is 16.4 Å². The Bertz CT molecular complexity index is 1650. The largest absolute Gasteiger partial charge is 0.418 e. The third kappa shape index (κ3) is 4.46. The van der Waals surface area contributed by atoms with E-state index in [4.69, 9.17) is 6.42 Å². The highest BCUT2D eigenvalue weighted by atomic mass is 19.4. The molecule has 4 aromatic heterocycles. The van der Waals surface area contributed by atoms with Crippen molar-refractivity contribution in [2.24, 2.45) is 0 Å². The number of pyridine rings is 4. The number of nitrogens with one attached hydrogen (secondary N) is 1. The Morgan fingerprint density at radius 2 is 1.85 bits per heavy atom. The van der Waals surface area contributed by atoms with Gasteiger partial charge in [-0.1, -0.05) is 5.92 Å². The summed E-state index contributed by atoms with van der Waals surface area (Å²) in [6.07, 6.45) is 6.26. The van der Waals surface area contributed by atoms with Crippen molar-refractivity contribution in [1.29, 1.82) is 0 Å². The predicted octanol–water partition coefficient (Wildman–Crippen LogP) is 5.14. The molecule has 0 saturated heterocycles. The van der Waals surface area contributed by atoms with Crippen molar-refractivity contribution in [2.45, 2.75) is 25.4 Å². The number of amides is 2. The first kappa shape index (κ1) is 25.5. The maximum absolute atomic E-state index is 13.9. The van der Waals surface area contributed by atoms with Crippen LogP contribution in [0, 0.1) is 12.3 Å². The topological polar surface area (TPSA) is 101 Å². The third-order valence-electron chi connectivity index (χ3n) is 6.27. The quantitative estimate of drug-likeness (QED) is 0.368. The van der Waals surface area contributed by atoms with E-state index >= 15 is 0 Å². The van der Waals surface area contributed by atoms with Gasteiger partial charge in [0.15, 0.2) is 0 Å². The van der Waals surface area contributed by atoms with Gasteiger partial charge < -0.3 is 5.32 Å². The lowest BCUT2D eigenvalue weighted by molar-refractivity contribution is -0.138. The summed E-state index contributed by atoms with van der Waals surface area (Å²) in [5.74, 6) is 1.27. The Labute approximate surface area is 221 Å². The van der Waals surface area contributed by atoms with Gasteiger partial charge >= 0.3 is 6.18 Å². The van der Waals surface area contributed by atoms with E-state index in [1.165, 1.54) is 41.7 Å². The van der Waals surface area contributed by atoms with E-state index in [1.54, 1.807) is 38.2 Å². The molecule has 194 valence electrons. The molecule has 1 N–H and O–H groups in total. The van der Waals surface area contributed by atoms with E-state index in [9.17, 15) is 22.8 Å². The lowest BCUT2D eigenvalue weighted by atomic mass is 9.83. The van der Waals surface area contributed by atoms with Crippen molar-refractivity contribution in [1.82, 2.24) is 19.9 Å². The molecular formula is C28H19F3N6O2. The second kappa shape index (κ2) is 9.33. The number of carbonyl (C=O) groups excluding carboxylic acids is 2. The summed E-state index contributed by atoms with van der Waals surface area (Å²) >= 11 is 0. The standard InChI is InChI=1S/C28H19F3N6O2/c1-4-16-7-10-21(34-14-16)36-25(38)23-19(28(29,30)31)8-9-20(35-23)18-11-13-33-24-22(18)27(2,3)26(39)37(24)17-6-5-12-32-15-17/h1,5-15H,2-3H3,(H,34,36,38). The van der Waals surface area contributed by atoms with Gasteiger partial charge in [0.2, 0.25) is 5.91 Å². The van der Waals surface area contributed by atoms with Crippen molar-refractivity contribution in [3.8, 4) is 23.6 Å². The number of aromatic nitrogens is 4. The molecule has 0 saturated carbocycles. The lowest BCUT2D eigenvalue weighted by Crippen LogP contribution is -2.33. The van der Waals surface area contributed by atoms with Gasteiger partial charge in [0.25, 0.3) is 5.91 Å². The fourth-order valence-corrected chi connectivity index (χ4v) is 4.40. The number of carbonyl (C=O) groups is 2. The van der Waals surface area contributed by atoms with Gasteiger partial charge in [0, 0.05) is 35.3 Å². The van der Waals surface area contributed by atoms with Gasteiger partial charge in [0.05, 0.1) is 28.6 Å². The number of hydrogen-bond donors (Lipinski definition) is 1. The van der Waals surface area contributed by atoms with Crippen LogP contribution in [-0.4, -0.2) is 31.8 Å². The molecule has 0 aromatic carbocycles. The average molecular weight is 528 g/mol. The molecule has 0 fully saturated rings. The molecule has 5 heterocycles. The fourth-order valence-electron chi connectivity index (χ4n) is 4.40. The molecular weight excluding hydrogens is 509 g/mol. The van der Waals surface area contributed by atoms with Gasteiger partial charge in [-0.2, -0.15) is 13.2 Å². The van der Waals surface area contributed by atoms with Crippen molar-refractivity contribution >= 4 is 29.1 Å². The van der Waals surface area contributed by atoms with E-state index in [0.717, 1.165) is 6.07 Å². The van der Waals surface area contributed by atoms with Crippen LogP contribution in [0.2, 0.25) is 0 Å². The molecule has 0 bridgehead atoms. The van der Waals surface area contributed by atoms with Gasteiger partial charge in [-0.15, -0.1) is 6.42 Å². The van der Waals surface area contributed by atoms with E-state index in [2.05, 4.69) is 31.2 Å². The molecule has 11 heteroatoms. The van der Waals surface area contributed by atoms with Crippen LogP contribution >= 0.6 is 0 Å². The maximum Gasteiger partial charge on any atom is 0.418 e. The Kier molecular flexibility index (Phi) is 6.11. The van der Waals surface area contributed by atoms with Gasteiger partial charge in [0.1, 0.15) is 17.3 Å². The maximum atomic E-state index is 13.9. The molecule has 2 amide bonds. The number of rotatable bonds is 4. The number of hydrogen-bond acceptors (Lipinski definition) is 6. The zero-order valence-corrected chi connectivity index (χ0v) is 20.6. The molecule has 0 aliphatic carbocycles. The van der Waals surface area contributed by atoms with Crippen molar-refractivity contribution < 1.29 is 22.8 Å². The summed E-state index contributed by atoms with van der Waals surface area (Å²) in [6, 6.07) is 9.76. The molecule has 0 radical (unpaired) electrons. The summed E-state index contributed by atoms with van der Waals surface area (Å²) in [5, 5.41) is 2.34. The minimum absolute atomic E-state index is 0.00275. The molecule has 0 spiro atoms. The van der Waals surface area contributed by atoms with Crippen molar-refractivity contribution in [3.05, 3.63) is 89.6 Å². The smallest absolute Gasteiger partial charge is 0.305 e. The summed E-state index contributed by atoms with van der Waals surface area (Å²) in [5.41, 5.74) is -1.36. The second-order valence-electron chi connectivity index (χ2n) is 9.15. The first-order valence-electron chi connectivity index (χ1n) is 11.6. The summed E-state index contributed by atoms with van der Waals surface area (Å²) in [7, 11) is 0. The summed E-state index contributed by atoms with van der Waals surface area (Å²) in [6.45, 7) is 3.39. The molecule has 39 heavy (non-hydrogen) atoms. The number of terminal acetylenes is 1. The van der Waals surface area contributed by atoms with Crippen LogP contribution in [0.3, 0.4) is 0 Å². The Balaban J connectivity index is 1.63. The minimum Gasteiger partial charge on any atom is -0.305 e. The second-order valence-corrected chi connectivity index (χ2v) is 9.15. The highest BCUT2D eigenvalue weighted by Gasteiger charge is 2.48. The van der Waals surface area contributed by atoms with Gasteiger partial charge in [-0.25, -0.2) is 15.0 Å². The zero-order chi connectivity index (χ0) is 27.9. The van der Waals surface area contributed by atoms with E-state index < -0.39 is 28.8 Å². The van der Waals surface area contributed by atoms with Gasteiger partial charge in [-0.05, 0) is 56.3 Å². The summed E-state index contributed by atoms with van der Waals surface area (Å²) < 4.78 is 41.7. The Morgan fingerprint density at radius 3 is 2.49 bits per heavy atom. The van der Waals surface area contributed by atoms with E-state index in [0.29, 0.717) is 28.2 Å². The molecule has 5 rings (SSSR count). The molecule has 1 aliphatic rings. The Hall–Kier alpha value is -5.11. The highest BCUT2D eigenvalue weighted by Crippen LogP contribution is 2.48. The van der Waals surface area contributed by atoms with Crippen LogP contribution in [0.15, 0.2) is 67.3 Å². The molecule has 4 aromatic rings. The molecule has 0 unspecified atom stereocenters. The lowest BCUT2D eigenvalue weighted by Gasteiger charge is -2.20. The number of alkyl halides is 3. The first-order valence-corrected chi connectivity index (χ1v) is 11.6. The van der Waals surface area contributed by atoms with Gasteiger partial charge in [-0.3, -0.25) is 19.5 Å². The zero-order valence-electron chi connectivity index (χ0n) is 20.6. The third-order valence-corrected chi connectivity index (χ3v) is 6.27. The molecule has 8 nitrogen and oxygen atoms in total. The van der Waals surface area contributed by atoms with Crippen LogP contribution in [0.4, 0.5) is 30.5 Å². The number of nitrogens with zero attached hydrogens (tertiary/aromatic N) is 5. The SMILES string of the molecule is C#Cc1ccc(NC(=O)c2nc(-c3ccnc4c3C(C)(C)C(=O)N4c3cccnc3)ccc2C(F)(F)F)nc1. The number of anilines is 3. The van der Waals surface area contributed by atoms with Crippen molar-refractivity contribution in [2.75, 3.05) is 10.2 Å². The molecule has 0 atom stereocenters. The summed E-state index contributed by atoms with van der Waals surface area (Å²) in [4.78, 5) is 44.5. The van der Waals surface area contributed by atoms with Crippen molar-refractivity contribution in [3.63, 3.8) is 0 Å². The van der Waals surface area contributed by atoms with Crippen LogP contribution in [0.1, 0.15) is 41.0 Å². The number of halogens is 3. The normalized spacial score (nSPS) is 14.1. The van der Waals surface area contributed by atoms with Crippen LogP contribution < -0.4 is 10.2 Å². The minimum atomic E-state index is -4.86. The van der Waals surface area contributed by atoms with E-state index in [-0.39, 0.29) is 17.4 Å². The number of fused-ring (bicyclic) bond motifs is 1. The average Bonchev–Trinajstić information content (AvgIpc) is 3.13. The fraction of sp³-hybridized carbons (Fsp3) is 0.143. The van der Waals surface area contributed by atoms with Crippen LogP contribution in [0.25, 0.3) is 11.3 Å². The monoisotopic (exact) mass is 528 g/mol. The molecule has 1 aliphatic heterocycles. The first-order chi connectivity index (χ1) is 18.5. The van der Waals surface area contributed by atoms with Crippen LogP contribution in [0.5, 0.6) is 0 Å². The Morgan fingerprint density at radius 1 is 1.05 bits per heavy atom. The highest BCUT2D eigenvalue weighted by molar-refractivity contribution is 6.13. The predicted molar refractivity (Wildman–Crippen MR) is 137 cm³/mol.